The van der Waals surface area contributed by atoms with Gasteiger partial charge in [-0.05, 0) is 31.5 Å². The van der Waals surface area contributed by atoms with E-state index in [0.717, 1.165) is 16.5 Å². The van der Waals surface area contributed by atoms with Crippen molar-refractivity contribution in [2.24, 2.45) is 10.9 Å². The monoisotopic (exact) mass is 380 g/mol. The molecule has 5 atom stereocenters. The second kappa shape index (κ2) is 7.76. The molecular formula is C19H28N2O4S. The summed E-state index contributed by atoms with van der Waals surface area (Å²) in [5, 5.41) is 14.8. The first-order valence-corrected chi connectivity index (χ1v) is 9.74. The zero-order valence-corrected chi connectivity index (χ0v) is 16.7. The number of thioether (sulfide) groups is 1. The van der Waals surface area contributed by atoms with Crippen LogP contribution in [0.2, 0.25) is 0 Å². The molecule has 0 aliphatic carbocycles. The predicted molar refractivity (Wildman–Crippen MR) is 104 cm³/mol. The van der Waals surface area contributed by atoms with E-state index in [0.29, 0.717) is 6.61 Å². The lowest BCUT2D eigenvalue weighted by atomic mass is 9.82. The Morgan fingerprint density at radius 3 is 2.58 bits per heavy atom. The van der Waals surface area contributed by atoms with Crippen LogP contribution in [0.15, 0.2) is 29.3 Å². The minimum Gasteiger partial charge on any atom is -0.497 e. The summed E-state index contributed by atoms with van der Waals surface area (Å²) in [5.74, 6) is 0.854. The van der Waals surface area contributed by atoms with Gasteiger partial charge in [0.2, 0.25) is 0 Å². The summed E-state index contributed by atoms with van der Waals surface area (Å²) in [4.78, 5) is 4.25. The number of methoxy groups -OCH3 is 1. The number of hydrogen-bond donors (Lipinski definition) is 2. The maximum atomic E-state index is 10.6. The van der Waals surface area contributed by atoms with E-state index in [4.69, 9.17) is 14.2 Å². The average Bonchev–Trinajstić information content (AvgIpc) is 3.03. The molecule has 3 rings (SSSR count). The molecule has 2 heterocycles. The fraction of sp³-hybridized carbons (Fsp3) is 0.632. The summed E-state index contributed by atoms with van der Waals surface area (Å²) in [7, 11) is 3.42. The van der Waals surface area contributed by atoms with E-state index in [9.17, 15) is 5.11 Å². The molecule has 144 valence electrons. The molecule has 0 bridgehead atoms. The van der Waals surface area contributed by atoms with Gasteiger partial charge in [0.25, 0.3) is 0 Å². The molecule has 1 aromatic rings. The number of aliphatic imine (C=N–C) groups is 1. The van der Waals surface area contributed by atoms with Crippen LogP contribution in [0.25, 0.3) is 0 Å². The van der Waals surface area contributed by atoms with Crippen LogP contribution in [0.4, 0.5) is 0 Å². The van der Waals surface area contributed by atoms with E-state index in [1.54, 1.807) is 39.8 Å². The highest BCUT2D eigenvalue weighted by Gasteiger charge is 2.52. The minimum atomic E-state index is -0.946. The maximum absolute atomic E-state index is 10.6. The molecule has 0 spiro atoms. The fourth-order valence-electron chi connectivity index (χ4n) is 3.64. The largest absolute Gasteiger partial charge is 0.497 e. The Kier molecular flexibility index (Phi) is 5.81. The second-order valence-electron chi connectivity index (χ2n) is 7.38. The number of nitrogens with zero attached hydrogens (tertiary/aromatic N) is 1. The Bertz CT molecular complexity index is 644. The lowest BCUT2D eigenvalue weighted by molar-refractivity contribution is -0.194. The van der Waals surface area contributed by atoms with Gasteiger partial charge in [-0.3, -0.25) is 4.99 Å². The first-order valence-electron chi connectivity index (χ1n) is 8.86. The molecular weight excluding hydrogens is 352 g/mol. The third-order valence-electron chi connectivity index (χ3n) is 4.94. The van der Waals surface area contributed by atoms with Crippen LogP contribution in [0, 0.1) is 5.92 Å². The van der Waals surface area contributed by atoms with Crippen molar-refractivity contribution in [3.63, 3.8) is 0 Å². The predicted octanol–water partition coefficient (Wildman–Crippen LogP) is 2.40. The van der Waals surface area contributed by atoms with Gasteiger partial charge in [-0.25, -0.2) is 0 Å². The normalized spacial score (nSPS) is 33.0. The summed E-state index contributed by atoms with van der Waals surface area (Å²) in [6, 6.07) is 7.87. The average molecular weight is 381 g/mol. The summed E-state index contributed by atoms with van der Waals surface area (Å²) >= 11 is 1.56. The van der Waals surface area contributed by atoms with Gasteiger partial charge in [-0.2, -0.15) is 0 Å². The number of ether oxygens (including phenoxy) is 3. The topological polar surface area (TPSA) is 72.3 Å². The van der Waals surface area contributed by atoms with Gasteiger partial charge in [0.1, 0.15) is 11.2 Å². The maximum Gasteiger partial charge on any atom is 0.159 e. The van der Waals surface area contributed by atoms with Crippen molar-refractivity contribution < 1.29 is 19.3 Å². The van der Waals surface area contributed by atoms with Crippen LogP contribution < -0.4 is 10.1 Å². The van der Waals surface area contributed by atoms with Gasteiger partial charge < -0.3 is 24.6 Å². The molecule has 6 nitrogen and oxygen atoms in total. The summed E-state index contributed by atoms with van der Waals surface area (Å²) in [6.07, 6.45) is -0.408. The zero-order valence-electron chi connectivity index (χ0n) is 15.9. The van der Waals surface area contributed by atoms with Crippen molar-refractivity contribution in [2.45, 2.75) is 56.7 Å². The van der Waals surface area contributed by atoms with Gasteiger partial charge in [-0.15, -0.1) is 0 Å². The van der Waals surface area contributed by atoms with Gasteiger partial charge >= 0.3 is 0 Å². The number of hydrogen-bond acceptors (Lipinski definition) is 6. The second-order valence-corrected chi connectivity index (χ2v) is 8.47. The van der Waals surface area contributed by atoms with E-state index in [-0.39, 0.29) is 29.6 Å². The van der Waals surface area contributed by atoms with Crippen molar-refractivity contribution in [3.8, 4) is 5.75 Å². The number of amidine groups is 1. The number of rotatable bonds is 5. The van der Waals surface area contributed by atoms with Gasteiger partial charge in [-0.1, -0.05) is 30.8 Å². The van der Waals surface area contributed by atoms with Crippen molar-refractivity contribution in [1.82, 2.24) is 5.32 Å². The van der Waals surface area contributed by atoms with Crippen molar-refractivity contribution in [2.75, 3.05) is 14.2 Å². The SMILES string of the molecule is CN=C1N[C@@H]2[C@@H](OCc3ccc(OC)cc3)[C@H](C)[C@@H](C(C)(C)O)O[C@@H]2S1. The molecule has 0 aromatic heterocycles. The molecule has 1 aromatic carbocycles. The van der Waals surface area contributed by atoms with Gasteiger partial charge in [0, 0.05) is 13.0 Å². The lowest BCUT2D eigenvalue weighted by Crippen LogP contribution is -2.60. The van der Waals surface area contributed by atoms with E-state index >= 15 is 0 Å². The van der Waals surface area contributed by atoms with Crippen LogP contribution >= 0.6 is 11.8 Å². The van der Waals surface area contributed by atoms with Crippen LogP contribution in [0.5, 0.6) is 5.75 Å². The molecule has 0 radical (unpaired) electrons. The van der Waals surface area contributed by atoms with E-state index in [1.807, 2.05) is 24.3 Å². The summed E-state index contributed by atoms with van der Waals surface area (Å²) in [5.41, 5.74) is 0.0109. The Labute approximate surface area is 159 Å². The van der Waals surface area contributed by atoms with Crippen LogP contribution in [-0.2, 0) is 16.1 Å². The third-order valence-corrected chi connectivity index (χ3v) is 6.10. The Morgan fingerprint density at radius 1 is 1.31 bits per heavy atom. The first-order chi connectivity index (χ1) is 12.3. The Morgan fingerprint density at radius 2 is 2.00 bits per heavy atom. The quantitative estimate of drug-likeness (QED) is 0.817. The number of aliphatic hydroxyl groups is 1. The molecule has 7 heteroatoms. The Balaban J connectivity index is 1.76. The zero-order chi connectivity index (χ0) is 18.9. The lowest BCUT2D eigenvalue weighted by Gasteiger charge is -2.46. The Hall–Kier alpha value is -1.28. The number of fused-ring (bicyclic) bond motifs is 1. The van der Waals surface area contributed by atoms with Crippen LogP contribution in [0.1, 0.15) is 26.3 Å². The molecule has 2 aliphatic heterocycles. The number of benzene rings is 1. The summed E-state index contributed by atoms with van der Waals surface area (Å²) < 4.78 is 17.7. The molecule has 2 aliphatic rings. The molecule has 0 amide bonds. The summed E-state index contributed by atoms with van der Waals surface area (Å²) in [6.45, 7) is 6.14. The first kappa shape index (κ1) is 19.5. The highest BCUT2D eigenvalue weighted by molar-refractivity contribution is 8.14. The van der Waals surface area contributed by atoms with Crippen molar-refractivity contribution >= 4 is 16.9 Å². The van der Waals surface area contributed by atoms with E-state index in [2.05, 4.69) is 17.2 Å². The third kappa shape index (κ3) is 4.01. The molecule has 2 fully saturated rings. The standard InChI is InChI=1S/C19H28N2O4S/c1-11-15(24-10-12-6-8-13(23-5)9-7-12)14-17(26-18(20-4)21-14)25-16(11)19(2,3)22/h6-9,11,14-17,22H,10H2,1-5H3,(H,20,21)/t11-,14+,15-,16-,17+/m0/s1. The van der Waals surface area contributed by atoms with E-state index < -0.39 is 5.60 Å². The number of nitrogens with one attached hydrogen (secondary N) is 1. The van der Waals surface area contributed by atoms with Crippen molar-refractivity contribution in [1.29, 1.82) is 0 Å². The van der Waals surface area contributed by atoms with Crippen LogP contribution in [0.3, 0.4) is 0 Å². The molecule has 0 saturated carbocycles. The van der Waals surface area contributed by atoms with Crippen molar-refractivity contribution in [3.05, 3.63) is 29.8 Å². The highest BCUT2D eigenvalue weighted by atomic mass is 32.2. The van der Waals surface area contributed by atoms with Crippen LogP contribution in [-0.4, -0.2) is 53.7 Å². The van der Waals surface area contributed by atoms with Gasteiger partial charge in [0.15, 0.2) is 5.17 Å². The molecule has 26 heavy (non-hydrogen) atoms. The highest BCUT2D eigenvalue weighted by Crippen LogP contribution is 2.41. The van der Waals surface area contributed by atoms with E-state index in [1.165, 1.54) is 0 Å². The van der Waals surface area contributed by atoms with Gasteiger partial charge in [0.05, 0.1) is 37.6 Å². The fourth-order valence-corrected chi connectivity index (χ4v) is 4.72. The molecule has 2 saturated heterocycles. The molecule has 2 N–H and O–H groups in total. The molecule has 0 unspecified atom stereocenters. The minimum absolute atomic E-state index is 0.00514. The smallest absolute Gasteiger partial charge is 0.159 e.